The number of piperidine rings is 1. The molecule has 0 saturated carbocycles. The molecule has 6 heteroatoms. The number of nitrogens with one attached hydrogen (secondary N) is 2. The van der Waals surface area contributed by atoms with Crippen LogP contribution in [0.5, 0.6) is 0 Å². The zero-order chi connectivity index (χ0) is 19.5. The average Bonchev–Trinajstić information content (AvgIpc) is 2.82. The number of hydrogen-bond acceptors (Lipinski definition) is 3. The van der Waals surface area contributed by atoms with E-state index in [1.54, 1.807) is 0 Å². The third-order valence-electron chi connectivity index (χ3n) is 5.54. The minimum Gasteiger partial charge on any atom is -0.357 e. The first-order chi connectivity index (χ1) is 13.1. The van der Waals surface area contributed by atoms with Crippen molar-refractivity contribution in [1.82, 2.24) is 20.4 Å². The first-order valence-electron chi connectivity index (χ1n) is 11.1. The van der Waals surface area contributed by atoms with Crippen molar-refractivity contribution in [2.24, 2.45) is 16.8 Å². The summed E-state index contributed by atoms with van der Waals surface area (Å²) in [6.07, 6.45) is 6.39. The number of guanidine groups is 1. The second-order valence-corrected chi connectivity index (χ2v) is 8.44. The van der Waals surface area contributed by atoms with Gasteiger partial charge >= 0.3 is 0 Å². The SMILES string of the molecule is CCNC(=NCCCN1CCCCCC1=O)NCCN1CC(C)CC(C)C1. The van der Waals surface area contributed by atoms with E-state index >= 15 is 0 Å². The molecule has 0 aromatic heterocycles. The molecular weight excluding hydrogens is 338 g/mol. The summed E-state index contributed by atoms with van der Waals surface area (Å²) in [5.74, 6) is 2.83. The van der Waals surface area contributed by atoms with Crippen LogP contribution in [0.1, 0.15) is 59.3 Å². The molecule has 2 saturated heterocycles. The Hall–Kier alpha value is -1.30. The summed E-state index contributed by atoms with van der Waals surface area (Å²) in [6, 6.07) is 0. The van der Waals surface area contributed by atoms with Crippen molar-refractivity contribution in [3.63, 3.8) is 0 Å². The summed E-state index contributed by atoms with van der Waals surface area (Å²) in [5, 5.41) is 6.81. The molecule has 0 aliphatic carbocycles. The standard InChI is InChI=1S/C21H41N5O/c1-4-22-21(24-11-14-25-16-18(2)15-19(3)17-25)23-10-8-13-26-12-7-5-6-9-20(26)27/h18-19H,4-17H2,1-3H3,(H2,22,23,24). The van der Waals surface area contributed by atoms with Gasteiger partial charge in [0.05, 0.1) is 0 Å². The summed E-state index contributed by atoms with van der Waals surface area (Å²) in [6.45, 7) is 14.6. The predicted molar refractivity (Wildman–Crippen MR) is 113 cm³/mol. The van der Waals surface area contributed by atoms with Crippen molar-refractivity contribution in [3.8, 4) is 0 Å². The first-order valence-corrected chi connectivity index (χ1v) is 11.1. The zero-order valence-electron chi connectivity index (χ0n) is 17.8. The van der Waals surface area contributed by atoms with Crippen LogP contribution < -0.4 is 10.6 Å². The predicted octanol–water partition coefficient (Wildman–Crippen LogP) is 2.31. The molecule has 2 heterocycles. The Balaban J connectivity index is 1.67. The smallest absolute Gasteiger partial charge is 0.222 e. The second kappa shape index (κ2) is 12.2. The number of aliphatic imine (C=N–C) groups is 1. The minimum atomic E-state index is 0.325. The fourth-order valence-corrected chi connectivity index (χ4v) is 4.38. The van der Waals surface area contributed by atoms with Gasteiger partial charge in [0.15, 0.2) is 5.96 Å². The minimum absolute atomic E-state index is 0.325. The number of nitrogens with zero attached hydrogens (tertiary/aromatic N) is 3. The van der Waals surface area contributed by atoms with Crippen molar-refractivity contribution in [1.29, 1.82) is 0 Å². The van der Waals surface area contributed by atoms with Crippen LogP contribution in [0.4, 0.5) is 0 Å². The van der Waals surface area contributed by atoms with E-state index < -0.39 is 0 Å². The van der Waals surface area contributed by atoms with E-state index in [-0.39, 0.29) is 0 Å². The topological polar surface area (TPSA) is 60.0 Å². The van der Waals surface area contributed by atoms with E-state index in [9.17, 15) is 4.79 Å². The van der Waals surface area contributed by atoms with Crippen LogP contribution in [-0.4, -0.2) is 74.0 Å². The van der Waals surface area contributed by atoms with Crippen LogP contribution >= 0.6 is 0 Å². The fraction of sp³-hybridized carbons (Fsp3) is 0.905. The lowest BCUT2D eigenvalue weighted by atomic mass is 9.92. The number of carbonyl (C=O) groups excluding carboxylic acids is 1. The number of amides is 1. The third kappa shape index (κ3) is 8.50. The molecule has 2 atom stereocenters. The highest BCUT2D eigenvalue weighted by Gasteiger charge is 2.21. The third-order valence-corrected chi connectivity index (χ3v) is 5.54. The van der Waals surface area contributed by atoms with Crippen molar-refractivity contribution in [3.05, 3.63) is 0 Å². The van der Waals surface area contributed by atoms with Crippen molar-refractivity contribution in [2.75, 3.05) is 52.4 Å². The summed E-state index contributed by atoms with van der Waals surface area (Å²) in [5.41, 5.74) is 0. The van der Waals surface area contributed by atoms with Gasteiger partial charge in [0.25, 0.3) is 0 Å². The normalized spacial score (nSPS) is 25.4. The molecule has 2 N–H and O–H groups in total. The number of rotatable bonds is 8. The lowest BCUT2D eigenvalue weighted by molar-refractivity contribution is -0.130. The molecule has 2 rings (SSSR count). The molecule has 0 aromatic carbocycles. The van der Waals surface area contributed by atoms with E-state index in [1.165, 1.54) is 25.9 Å². The number of carbonyl (C=O) groups is 1. The second-order valence-electron chi connectivity index (χ2n) is 8.44. The summed E-state index contributed by atoms with van der Waals surface area (Å²) in [7, 11) is 0. The van der Waals surface area contributed by atoms with Gasteiger partial charge in [-0.1, -0.05) is 20.3 Å². The van der Waals surface area contributed by atoms with E-state index in [0.29, 0.717) is 5.91 Å². The molecule has 0 aromatic rings. The van der Waals surface area contributed by atoms with Crippen molar-refractivity contribution in [2.45, 2.75) is 59.3 Å². The van der Waals surface area contributed by atoms with Gasteiger partial charge < -0.3 is 20.4 Å². The van der Waals surface area contributed by atoms with Gasteiger partial charge in [-0.2, -0.15) is 0 Å². The highest BCUT2D eigenvalue weighted by molar-refractivity contribution is 5.79. The van der Waals surface area contributed by atoms with Gasteiger partial charge in [0.2, 0.25) is 5.91 Å². The lowest BCUT2D eigenvalue weighted by Crippen LogP contribution is -2.45. The molecule has 0 bridgehead atoms. The molecule has 0 radical (unpaired) electrons. The number of hydrogen-bond donors (Lipinski definition) is 2. The molecule has 156 valence electrons. The van der Waals surface area contributed by atoms with Gasteiger partial charge in [0.1, 0.15) is 0 Å². The first kappa shape index (κ1) is 22.0. The molecule has 2 aliphatic heterocycles. The van der Waals surface area contributed by atoms with E-state index in [1.807, 2.05) is 4.90 Å². The highest BCUT2D eigenvalue weighted by atomic mass is 16.2. The van der Waals surface area contributed by atoms with Gasteiger partial charge in [-0.3, -0.25) is 9.79 Å². The van der Waals surface area contributed by atoms with Crippen LogP contribution in [-0.2, 0) is 4.79 Å². The number of likely N-dealkylation sites (tertiary alicyclic amines) is 2. The van der Waals surface area contributed by atoms with E-state index in [4.69, 9.17) is 4.99 Å². The maximum absolute atomic E-state index is 12.0. The van der Waals surface area contributed by atoms with E-state index in [0.717, 1.165) is 82.7 Å². The zero-order valence-corrected chi connectivity index (χ0v) is 17.8. The molecular formula is C21H41N5O. The summed E-state index contributed by atoms with van der Waals surface area (Å²) < 4.78 is 0. The monoisotopic (exact) mass is 379 g/mol. The molecule has 2 unspecified atom stereocenters. The lowest BCUT2D eigenvalue weighted by Gasteiger charge is -2.35. The molecule has 1 amide bonds. The van der Waals surface area contributed by atoms with Crippen LogP contribution in [0, 0.1) is 11.8 Å². The van der Waals surface area contributed by atoms with Gasteiger partial charge in [0, 0.05) is 58.8 Å². The Morgan fingerprint density at radius 1 is 1.11 bits per heavy atom. The van der Waals surface area contributed by atoms with E-state index in [2.05, 4.69) is 36.3 Å². The van der Waals surface area contributed by atoms with Gasteiger partial charge in [-0.25, -0.2) is 0 Å². The average molecular weight is 380 g/mol. The Bertz CT molecular complexity index is 457. The van der Waals surface area contributed by atoms with Crippen molar-refractivity contribution >= 4 is 11.9 Å². The van der Waals surface area contributed by atoms with Crippen molar-refractivity contribution < 1.29 is 4.79 Å². The molecule has 6 nitrogen and oxygen atoms in total. The van der Waals surface area contributed by atoms with Crippen LogP contribution in [0.3, 0.4) is 0 Å². The maximum atomic E-state index is 12.0. The Morgan fingerprint density at radius 3 is 2.63 bits per heavy atom. The van der Waals surface area contributed by atoms with Crippen LogP contribution in [0.25, 0.3) is 0 Å². The Kier molecular flexibility index (Phi) is 9.95. The summed E-state index contributed by atoms with van der Waals surface area (Å²) >= 11 is 0. The maximum Gasteiger partial charge on any atom is 0.222 e. The molecule has 2 fully saturated rings. The molecule has 27 heavy (non-hydrogen) atoms. The van der Waals surface area contributed by atoms with Gasteiger partial charge in [-0.15, -0.1) is 0 Å². The fourth-order valence-electron chi connectivity index (χ4n) is 4.38. The quantitative estimate of drug-likeness (QED) is 0.386. The summed E-state index contributed by atoms with van der Waals surface area (Å²) in [4.78, 5) is 21.3. The Labute approximate surface area is 166 Å². The largest absolute Gasteiger partial charge is 0.357 e. The highest BCUT2D eigenvalue weighted by Crippen LogP contribution is 2.20. The van der Waals surface area contributed by atoms with Gasteiger partial charge in [-0.05, 0) is 44.4 Å². The van der Waals surface area contributed by atoms with Crippen LogP contribution in [0.2, 0.25) is 0 Å². The molecule has 0 spiro atoms. The molecule has 2 aliphatic rings. The van der Waals surface area contributed by atoms with Crippen LogP contribution in [0.15, 0.2) is 4.99 Å². The Morgan fingerprint density at radius 2 is 1.89 bits per heavy atom.